The molecule has 0 atom stereocenters. The number of nitrogens with one attached hydrogen (secondary N) is 1. The number of nitrogens with zero attached hydrogens (tertiary/aromatic N) is 1. The van der Waals surface area contributed by atoms with Crippen LogP contribution in [0.25, 0.3) is 10.9 Å². The van der Waals surface area contributed by atoms with Crippen molar-refractivity contribution in [2.24, 2.45) is 0 Å². The summed E-state index contributed by atoms with van der Waals surface area (Å²) in [4.78, 5) is 16.5. The Morgan fingerprint density at radius 3 is 2.70 bits per heavy atom. The normalized spacial score (nSPS) is 10.7. The van der Waals surface area contributed by atoms with Crippen LogP contribution in [0.1, 0.15) is 5.56 Å². The number of hydrogen-bond acceptors (Lipinski definition) is 2. The lowest BCUT2D eigenvalue weighted by atomic mass is 10.1. The van der Waals surface area contributed by atoms with Crippen LogP contribution >= 0.6 is 39.1 Å². The van der Waals surface area contributed by atoms with Gasteiger partial charge in [-0.05, 0) is 35.9 Å². The van der Waals surface area contributed by atoms with Gasteiger partial charge in [0.25, 0.3) is 0 Å². The van der Waals surface area contributed by atoms with Crippen molar-refractivity contribution in [3.63, 3.8) is 0 Å². The fourth-order valence-electron chi connectivity index (χ4n) is 2.26. The zero-order valence-electron chi connectivity index (χ0n) is 11.8. The van der Waals surface area contributed by atoms with E-state index in [4.69, 9.17) is 23.2 Å². The van der Waals surface area contributed by atoms with E-state index in [9.17, 15) is 4.79 Å². The number of halogens is 3. The van der Waals surface area contributed by atoms with Crippen molar-refractivity contribution in [1.82, 2.24) is 4.98 Å². The Bertz CT molecular complexity index is 899. The van der Waals surface area contributed by atoms with Crippen LogP contribution in [0.2, 0.25) is 10.2 Å². The van der Waals surface area contributed by atoms with E-state index in [1.807, 2.05) is 30.3 Å². The van der Waals surface area contributed by atoms with Gasteiger partial charge in [-0.25, -0.2) is 4.98 Å². The summed E-state index contributed by atoms with van der Waals surface area (Å²) in [6, 6.07) is 14.5. The van der Waals surface area contributed by atoms with Crippen molar-refractivity contribution in [1.29, 1.82) is 0 Å². The van der Waals surface area contributed by atoms with E-state index in [-0.39, 0.29) is 12.3 Å². The molecule has 0 saturated carbocycles. The molecule has 0 aliphatic heterocycles. The molecular weight excluding hydrogens is 399 g/mol. The number of fused-ring (bicyclic) bond motifs is 1. The summed E-state index contributed by atoms with van der Waals surface area (Å²) in [6.07, 6.45) is 0.207. The number of carbonyl (C=O) groups is 1. The Kier molecular flexibility index (Phi) is 4.85. The molecule has 2 aromatic carbocycles. The minimum Gasteiger partial charge on any atom is -0.326 e. The molecule has 1 amide bonds. The first kappa shape index (κ1) is 16.2. The van der Waals surface area contributed by atoms with Gasteiger partial charge < -0.3 is 5.32 Å². The SMILES string of the molecule is O=C(Cc1ccccc1Cl)Nc1cc(Br)c2ccc(Cl)nc2c1. The number of hydrogen-bond donors (Lipinski definition) is 1. The van der Waals surface area contributed by atoms with Gasteiger partial charge in [-0.15, -0.1) is 0 Å². The average molecular weight is 410 g/mol. The zero-order valence-corrected chi connectivity index (χ0v) is 14.9. The Balaban J connectivity index is 1.83. The Hall–Kier alpha value is -1.62. The molecule has 23 heavy (non-hydrogen) atoms. The van der Waals surface area contributed by atoms with Crippen molar-refractivity contribution in [2.45, 2.75) is 6.42 Å². The largest absolute Gasteiger partial charge is 0.326 e. The van der Waals surface area contributed by atoms with Crippen molar-refractivity contribution in [2.75, 3.05) is 5.32 Å². The molecule has 0 fully saturated rings. The van der Waals surface area contributed by atoms with E-state index in [1.54, 1.807) is 18.2 Å². The molecule has 0 saturated heterocycles. The first-order valence-electron chi connectivity index (χ1n) is 6.82. The lowest BCUT2D eigenvalue weighted by Crippen LogP contribution is -2.14. The van der Waals surface area contributed by atoms with Crippen LogP contribution < -0.4 is 5.32 Å². The van der Waals surface area contributed by atoms with E-state index < -0.39 is 0 Å². The van der Waals surface area contributed by atoms with Crippen LogP contribution in [-0.4, -0.2) is 10.9 Å². The first-order chi connectivity index (χ1) is 11.0. The maximum atomic E-state index is 12.2. The predicted molar refractivity (Wildman–Crippen MR) is 98.2 cm³/mol. The van der Waals surface area contributed by atoms with E-state index >= 15 is 0 Å². The minimum absolute atomic E-state index is 0.147. The maximum absolute atomic E-state index is 12.2. The third-order valence-corrected chi connectivity index (χ3v) is 4.55. The molecule has 116 valence electrons. The Morgan fingerprint density at radius 1 is 1.13 bits per heavy atom. The number of anilines is 1. The summed E-state index contributed by atoms with van der Waals surface area (Å²) in [5.41, 5.74) is 2.14. The molecule has 1 aromatic heterocycles. The summed E-state index contributed by atoms with van der Waals surface area (Å²) in [7, 11) is 0. The molecule has 1 heterocycles. The topological polar surface area (TPSA) is 42.0 Å². The third-order valence-electron chi connectivity index (χ3n) is 3.32. The van der Waals surface area contributed by atoms with Gasteiger partial charge in [0.15, 0.2) is 0 Å². The summed E-state index contributed by atoms with van der Waals surface area (Å²) in [5, 5.41) is 4.77. The zero-order chi connectivity index (χ0) is 16.4. The van der Waals surface area contributed by atoms with Gasteiger partial charge in [-0.1, -0.05) is 57.3 Å². The van der Waals surface area contributed by atoms with Crippen molar-refractivity contribution in [3.05, 3.63) is 68.7 Å². The molecule has 3 nitrogen and oxygen atoms in total. The standard InChI is InChI=1S/C17H11BrCl2N2O/c18-13-8-11(9-15-12(13)5-6-16(20)22-15)21-17(23)7-10-3-1-2-4-14(10)19/h1-6,8-9H,7H2,(H,21,23). The second-order valence-corrected chi connectivity index (χ2v) is 6.62. The number of aromatic nitrogens is 1. The third kappa shape index (κ3) is 3.83. The smallest absolute Gasteiger partial charge is 0.228 e. The molecule has 6 heteroatoms. The molecular formula is C17H11BrCl2N2O. The highest BCUT2D eigenvalue weighted by atomic mass is 79.9. The highest BCUT2D eigenvalue weighted by Gasteiger charge is 2.09. The van der Waals surface area contributed by atoms with Crippen LogP contribution in [0.5, 0.6) is 0 Å². The van der Waals surface area contributed by atoms with Crippen LogP contribution in [0.4, 0.5) is 5.69 Å². The fraction of sp³-hybridized carbons (Fsp3) is 0.0588. The monoisotopic (exact) mass is 408 g/mol. The molecule has 0 spiro atoms. The lowest BCUT2D eigenvalue weighted by molar-refractivity contribution is -0.115. The highest BCUT2D eigenvalue weighted by Crippen LogP contribution is 2.28. The van der Waals surface area contributed by atoms with Gasteiger partial charge in [0.2, 0.25) is 5.91 Å². The quantitative estimate of drug-likeness (QED) is 0.581. The summed E-state index contributed by atoms with van der Waals surface area (Å²) in [6.45, 7) is 0. The van der Waals surface area contributed by atoms with Crippen molar-refractivity contribution in [3.8, 4) is 0 Å². The van der Waals surface area contributed by atoms with Crippen LogP contribution in [0.15, 0.2) is 53.0 Å². The van der Waals surface area contributed by atoms with Gasteiger partial charge in [0.1, 0.15) is 5.15 Å². The number of rotatable bonds is 3. The van der Waals surface area contributed by atoms with Gasteiger partial charge in [0, 0.05) is 20.6 Å². The predicted octanol–water partition coefficient (Wildman–Crippen LogP) is 5.49. The van der Waals surface area contributed by atoms with Gasteiger partial charge in [-0.2, -0.15) is 0 Å². The molecule has 0 radical (unpaired) electrons. The van der Waals surface area contributed by atoms with Crippen LogP contribution in [0, 0.1) is 0 Å². The molecule has 0 bridgehead atoms. The fourth-order valence-corrected chi connectivity index (χ4v) is 3.20. The number of pyridine rings is 1. The van der Waals surface area contributed by atoms with Crippen LogP contribution in [-0.2, 0) is 11.2 Å². The number of amides is 1. The van der Waals surface area contributed by atoms with Gasteiger partial charge in [-0.3, -0.25) is 4.79 Å². The molecule has 0 aliphatic rings. The van der Waals surface area contributed by atoms with E-state index in [1.165, 1.54) is 0 Å². The summed E-state index contributed by atoms with van der Waals surface area (Å²) < 4.78 is 0.840. The Labute approximate surface area is 151 Å². The summed E-state index contributed by atoms with van der Waals surface area (Å²) in [5.74, 6) is -0.147. The highest BCUT2D eigenvalue weighted by molar-refractivity contribution is 9.10. The van der Waals surface area contributed by atoms with Gasteiger partial charge in [0.05, 0.1) is 11.9 Å². The molecule has 0 aliphatic carbocycles. The lowest BCUT2D eigenvalue weighted by Gasteiger charge is -2.09. The number of carbonyl (C=O) groups excluding carboxylic acids is 1. The van der Waals surface area contributed by atoms with E-state index in [0.717, 1.165) is 15.4 Å². The van der Waals surface area contributed by atoms with Gasteiger partial charge >= 0.3 is 0 Å². The molecule has 0 unspecified atom stereocenters. The first-order valence-corrected chi connectivity index (χ1v) is 8.37. The van der Waals surface area contributed by atoms with E-state index in [0.29, 0.717) is 21.4 Å². The van der Waals surface area contributed by atoms with Crippen molar-refractivity contribution < 1.29 is 4.79 Å². The van der Waals surface area contributed by atoms with Crippen LogP contribution in [0.3, 0.4) is 0 Å². The maximum Gasteiger partial charge on any atom is 0.228 e. The molecule has 3 aromatic rings. The second kappa shape index (κ2) is 6.87. The molecule has 3 rings (SSSR count). The average Bonchev–Trinajstić information content (AvgIpc) is 2.49. The second-order valence-electron chi connectivity index (χ2n) is 4.98. The van der Waals surface area contributed by atoms with Crippen molar-refractivity contribution >= 4 is 61.6 Å². The minimum atomic E-state index is -0.147. The number of benzene rings is 2. The Morgan fingerprint density at radius 2 is 1.91 bits per heavy atom. The summed E-state index contributed by atoms with van der Waals surface area (Å²) >= 11 is 15.5. The van der Waals surface area contributed by atoms with E-state index in [2.05, 4.69) is 26.2 Å². The molecule has 1 N–H and O–H groups in total.